The zero-order valence-electron chi connectivity index (χ0n) is 19.2. The number of ketones is 1. The number of hydrogen-bond acceptors (Lipinski definition) is 3. The van der Waals surface area contributed by atoms with Crippen molar-refractivity contribution in [2.75, 3.05) is 5.32 Å². The first-order chi connectivity index (χ1) is 16.9. The minimum Gasteiger partial charge on any atom is -0.321 e. The number of nitrogens with zero attached hydrogens (tertiary/aromatic N) is 1. The minimum absolute atomic E-state index is 0.00769. The fourth-order valence-corrected chi connectivity index (χ4v) is 5.20. The van der Waals surface area contributed by atoms with Crippen LogP contribution in [0.2, 0.25) is 0 Å². The molecule has 0 bridgehead atoms. The predicted octanol–water partition coefficient (Wildman–Crippen LogP) is 6.18. The number of rotatable bonds is 4. The molecule has 1 heterocycles. The van der Waals surface area contributed by atoms with Gasteiger partial charge in [0.15, 0.2) is 5.78 Å². The fourth-order valence-electron chi connectivity index (χ4n) is 5.20. The van der Waals surface area contributed by atoms with E-state index in [2.05, 4.69) is 5.32 Å². The smallest absolute Gasteiger partial charge is 0.234 e. The Bertz CT molecular complexity index is 1330. The quantitative estimate of drug-likeness (QED) is 0.495. The summed E-state index contributed by atoms with van der Waals surface area (Å²) in [5.41, 5.74) is 3.07. The molecule has 1 aliphatic carbocycles. The van der Waals surface area contributed by atoms with Crippen LogP contribution in [0.5, 0.6) is 0 Å². The first-order valence-electron chi connectivity index (χ1n) is 11.6. The van der Waals surface area contributed by atoms with Crippen LogP contribution in [-0.2, 0) is 9.59 Å². The molecule has 0 aromatic heterocycles. The third kappa shape index (κ3) is 4.32. The molecular weight excluding hydrogens is 446 g/mol. The molecular formula is C29H24F2N2O2. The first-order valence-corrected chi connectivity index (χ1v) is 11.6. The Labute approximate surface area is 202 Å². The lowest BCUT2D eigenvalue weighted by Crippen LogP contribution is -2.40. The minimum atomic E-state index is -0.882. The van der Waals surface area contributed by atoms with E-state index in [1.807, 2.05) is 60.7 Å². The summed E-state index contributed by atoms with van der Waals surface area (Å²) in [5, 5.41) is 2.42. The lowest BCUT2D eigenvalue weighted by atomic mass is 9.69. The molecule has 176 valence electrons. The van der Waals surface area contributed by atoms with Crippen molar-refractivity contribution < 1.29 is 18.4 Å². The average Bonchev–Trinajstić information content (AvgIpc) is 2.86. The summed E-state index contributed by atoms with van der Waals surface area (Å²) in [7, 11) is 0. The molecule has 35 heavy (non-hydrogen) atoms. The van der Waals surface area contributed by atoms with Crippen molar-refractivity contribution in [3.8, 4) is 0 Å². The van der Waals surface area contributed by atoms with Crippen LogP contribution in [0.25, 0.3) is 0 Å². The normalized spacial score (nSPS) is 21.9. The Kier molecular flexibility index (Phi) is 6.12. The van der Waals surface area contributed by atoms with Crippen molar-refractivity contribution in [1.29, 1.82) is 0 Å². The molecule has 4 nitrogen and oxygen atoms in total. The SMILES string of the molecule is CC1=NC2=C(C(=O)C[C@@H](c3ccccc3)C2)[C@H](c2ccccc2)C1C(=O)Nc1c(F)cccc1F. The van der Waals surface area contributed by atoms with Crippen LogP contribution in [0, 0.1) is 17.6 Å². The summed E-state index contributed by atoms with van der Waals surface area (Å²) in [6, 6.07) is 22.6. The highest BCUT2D eigenvalue weighted by Crippen LogP contribution is 2.46. The molecule has 0 saturated heterocycles. The topological polar surface area (TPSA) is 58.5 Å². The molecule has 2 aliphatic rings. The fraction of sp³-hybridized carbons (Fsp3) is 0.207. The van der Waals surface area contributed by atoms with E-state index in [0.29, 0.717) is 29.8 Å². The van der Waals surface area contributed by atoms with Crippen molar-refractivity contribution >= 4 is 23.1 Å². The van der Waals surface area contributed by atoms with Crippen molar-refractivity contribution in [3.63, 3.8) is 0 Å². The van der Waals surface area contributed by atoms with Gasteiger partial charge in [0.1, 0.15) is 17.3 Å². The standard InChI is InChI=1S/C29H24F2N2O2/c1-17-25(29(35)33-28-21(30)13-8-14-22(28)31)26(19-11-6-3-7-12-19)27-23(32-17)15-20(16-24(27)34)18-9-4-2-5-10-18/h2-14,20,25-26H,15-16H2,1H3,(H,33,35)/t20-,25?,26+/m0/s1. The number of nitrogens with one attached hydrogen (secondary N) is 1. The third-order valence-electron chi connectivity index (χ3n) is 6.81. The van der Waals surface area contributed by atoms with Gasteiger partial charge in [0.05, 0.1) is 5.92 Å². The largest absolute Gasteiger partial charge is 0.321 e. The van der Waals surface area contributed by atoms with Gasteiger partial charge < -0.3 is 5.32 Å². The number of carbonyl (C=O) groups excluding carboxylic acids is 2. The van der Waals surface area contributed by atoms with E-state index >= 15 is 0 Å². The van der Waals surface area contributed by atoms with Crippen molar-refractivity contribution in [2.24, 2.45) is 10.9 Å². The molecule has 0 spiro atoms. The van der Waals surface area contributed by atoms with Crippen LogP contribution >= 0.6 is 0 Å². The summed E-state index contributed by atoms with van der Waals surface area (Å²) in [6.45, 7) is 1.73. The second-order valence-electron chi connectivity index (χ2n) is 9.00. The van der Waals surface area contributed by atoms with Gasteiger partial charge in [-0.1, -0.05) is 66.7 Å². The highest BCUT2D eigenvalue weighted by Gasteiger charge is 2.44. The Morgan fingerprint density at radius 3 is 2.09 bits per heavy atom. The highest BCUT2D eigenvalue weighted by atomic mass is 19.1. The number of hydrogen-bond donors (Lipinski definition) is 1. The van der Waals surface area contributed by atoms with Crippen LogP contribution < -0.4 is 5.32 Å². The molecule has 0 radical (unpaired) electrons. The molecule has 6 heteroatoms. The summed E-state index contributed by atoms with van der Waals surface area (Å²) >= 11 is 0. The van der Waals surface area contributed by atoms with Crippen LogP contribution in [-0.4, -0.2) is 17.4 Å². The Balaban J connectivity index is 1.56. The molecule has 5 rings (SSSR count). The molecule has 0 saturated carbocycles. The van der Waals surface area contributed by atoms with Crippen molar-refractivity contribution in [2.45, 2.75) is 31.6 Å². The highest BCUT2D eigenvalue weighted by molar-refractivity contribution is 6.13. The van der Waals surface area contributed by atoms with E-state index in [4.69, 9.17) is 4.99 Å². The van der Waals surface area contributed by atoms with Gasteiger partial charge in [-0.3, -0.25) is 14.6 Å². The second-order valence-corrected chi connectivity index (χ2v) is 9.00. The maximum atomic E-state index is 14.3. The van der Waals surface area contributed by atoms with E-state index in [9.17, 15) is 18.4 Å². The monoisotopic (exact) mass is 470 g/mol. The maximum absolute atomic E-state index is 14.3. The zero-order chi connectivity index (χ0) is 24.5. The van der Waals surface area contributed by atoms with E-state index in [1.165, 1.54) is 6.07 Å². The Morgan fingerprint density at radius 1 is 0.857 bits per heavy atom. The molecule has 1 aliphatic heterocycles. The van der Waals surface area contributed by atoms with Crippen LogP contribution in [0.4, 0.5) is 14.5 Å². The third-order valence-corrected chi connectivity index (χ3v) is 6.81. The summed E-state index contributed by atoms with van der Waals surface area (Å²) in [5.74, 6) is -3.85. The summed E-state index contributed by atoms with van der Waals surface area (Å²) < 4.78 is 28.6. The van der Waals surface area contributed by atoms with Gasteiger partial charge >= 0.3 is 0 Å². The maximum Gasteiger partial charge on any atom is 0.234 e. The number of para-hydroxylation sites is 1. The summed E-state index contributed by atoms with van der Waals surface area (Å²) in [4.78, 5) is 31.8. The predicted molar refractivity (Wildman–Crippen MR) is 131 cm³/mol. The summed E-state index contributed by atoms with van der Waals surface area (Å²) in [6.07, 6.45) is 0.902. The van der Waals surface area contributed by atoms with Gasteiger partial charge in [-0.15, -0.1) is 0 Å². The van der Waals surface area contributed by atoms with Gasteiger partial charge in [0.25, 0.3) is 0 Å². The number of benzene rings is 3. The number of amides is 1. The van der Waals surface area contributed by atoms with Crippen molar-refractivity contribution in [3.05, 3.63) is 113 Å². The Hall–Kier alpha value is -3.93. The molecule has 3 atom stereocenters. The van der Waals surface area contributed by atoms with E-state index in [1.54, 1.807) is 6.92 Å². The van der Waals surface area contributed by atoms with E-state index in [-0.39, 0.29) is 11.7 Å². The van der Waals surface area contributed by atoms with E-state index in [0.717, 1.165) is 23.3 Å². The molecule has 0 fully saturated rings. The average molecular weight is 471 g/mol. The molecule has 3 aromatic carbocycles. The van der Waals surface area contributed by atoms with Gasteiger partial charge in [-0.2, -0.15) is 0 Å². The Morgan fingerprint density at radius 2 is 1.46 bits per heavy atom. The number of Topliss-reactive ketones (excluding diaryl/α,β-unsaturated/α-hetero) is 1. The molecule has 3 aromatic rings. The van der Waals surface area contributed by atoms with Gasteiger partial charge in [0.2, 0.25) is 5.91 Å². The number of halogens is 2. The van der Waals surface area contributed by atoms with Crippen LogP contribution in [0.1, 0.15) is 42.7 Å². The lowest BCUT2D eigenvalue weighted by Gasteiger charge is -2.37. The van der Waals surface area contributed by atoms with Gasteiger partial charge in [-0.25, -0.2) is 8.78 Å². The second kappa shape index (κ2) is 9.37. The zero-order valence-corrected chi connectivity index (χ0v) is 19.2. The van der Waals surface area contributed by atoms with Crippen LogP contribution in [0.15, 0.2) is 95.1 Å². The number of anilines is 1. The van der Waals surface area contributed by atoms with E-state index < -0.39 is 35.1 Å². The first kappa shape index (κ1) is 22.8. The van der Waals surface area contributed by atoms with Crippen LogP contribution in [0.3, 0.4) is 0 Å². The number of allylic oxidation sites excluding steroid dienone is 2. The van der Waals surface area contributed by atoms with Gasteiger partial charge in [-0.05, 0) is 42.5 Å². The molecule has 1 unspecified atom stereocenters. The number of aliphatic imine (C=N–C) groups is 1. The number of carbonyl (C=O) groups is 2. The van der Waals surface area contributed by atoms with Crippen molar-refractivity contribution in [1.82, 2.24) is 0 Å². The lowest BCUT2D eigenvalue weighted by molar-refractivity contribution is -0.119. The molecule has 1 amide bonds. The molecule has 1 N–H and O–H groups in total. The van der Waals surface area contributed by atoms with Gasteiger partial charge in [0, 0.05) is 29.3 Å².